The summed E-state index contributed by atoms with van der Waals surface area (Å²) in [5, 5.41) is 4.05. The second-order valence-electron chi connectivity index (χ2n) is 6.69. The summed E-state index contributed by atoms with van der Waals surface area (Å²) >= 11 is 6.06. The van der Waals surface area contributed by atoms with Crippen LogP contribution in [-0.2, 0) is 4.79 Å². The first-order valence-corrected chi connectivity index (χ1v) is 7.48. The molecule has 1 N–H and O–H groups in total. The van der Waals surface area contributed by atoms with Crippen molar-refractivity contribution in [1.29, 1.82) is 0 Å². The van der Waals surface area contributed by atoms with Crippen molar-refractivity contribution in [3.05, 3.63) is 34.9 Å². The number of halogens is 1. The highest BCUT2D eigenvalue weighted by Gasteiger charge is 2.37. The van der Waals surface area contributed by atoms with Crippen molar-refractivity contribution in [2.75, 3.05) is 6.54 Å². The van der Waals surface area contributed by atoms with Gasteiger partial charge in [-0.05, 0) is 36.5 Å². The average Bonchev–Trinajstić information content (AvgIpc) is 2.62. The Morgan fingerprint density at radius 1 is 1.35 bits per heavy atom. The van der Waals surface area contributed by atoms with Crippen LogP contribution in [0.5, 0.6) is 0 Å². The van der Waals surface area contributed by atoms with Gasteiger partial charge in [-0.25, -0.2) is 0 Å². The van der Waals surface area contributed by atoms with E-state index in [0.29, 0.717) is 5.02 Å². The van der Waals surface area contributed by atoms with Crippen molar-refractivity contribution in [3.8, 4) is 0 Å². The molecular weight excluding hydrogens is 272 g/mol. The third kappa shape index (κ3) is 3.53. The summed E-state index contributed by atoms with van der Waals surface area (Å²) in [6.45, 7) is 9.25. The SMILES string of the molecule is CC1NC(c2cccc(Cl)c2)N(CCC(C)(C)C)C1=O. The molecule has 2 atom stereocenters. The number of benzene rings is 1. The largest absolute Gasteiger partial charge is 0.322 e. The van der Waals surface area contributed by atoms with Crippen LogP contribution in [0.25, 0.3) is 0 Å². The van der Waals surface area contributed by atoms with Crippen LogP contribution in [0.4, 0.5) is 0 Å². The van der Waals surface area contributed by atoms with Crippen molar-refractivity contribution < 1.29 is 4.79 Å². The predicted molar refractivity (Wildman–Crippen MR) is 82.6 cm³/mol. The van der Waals surface area contributed by atoms with Crippen LogP contribution in [0.3, 0.4) is 0 Å². The van der Waals surface area contributed by atoms with E-state index in [-0.39, 0.29) is 23.5 Å². The van der Waals surface area contributed by atoms with Gasteiger partial charge in [0.15, 0.2) is 0 Å². The minimum absolute atomic E-state index is 0.0708. The molecule has 0 spiro atoms. The Bertz CT molecular complexity index is 495. The summed E-state index contributed by atoms with van der Waals surface area (Å²) in [6, 6.07) is 7.58. The molecule has 1 saturated heterocycles. The van der Waals surface area contributed by atoms with Gasteiger partial charge >= 0.3 is 0 Å². The molecule has 110 valence electrons. The van der Waals surface area contributed by atoms with E-state index < -0.39 is 0 Å². The van der Waals surface area contributed by atoms with Gasteiger partial charge in [0, 0.05) is 11.6 Å². The number of hydrogen-bond acceptors (Lipinski definition) is 2. The fourth-order valence-corrected chi connectivity index (χ4v) is 2.62. The fraction of sp³-hybridized carbons (Fsp3) is 0.562. The molecule has 0 saturated carbocycles. The lowest BCUT2D eigenvalue weighted by atomic mass is 9.92. The predicted octanol–water partition coefficient (Wildman–Crippen LogP) is 3.60. The van der Waals surface area contributed by atoms with E-state index in [0.717, 1.165) is 18.5 Å². The van der Waals surface area contributed by atoms with Crippen molar-refractivity contribution >= 4 is 17.5 Å². The molecule has 1 aliphatic rings. The van der Waals surface area contributed by atoms with Gasteiger partial charge in [-0.3, -0.25) is 10.1 Å². The number of hydrogen-bond donors (Lipinski definition) is 1. The number of nitrogens with zero attached hydrogens (tertiary/aromatic N) is 1. The third-order valence-corrected chi connectivity index (χ3v) is 3.88. The zero-order valence-electron chi connectivity index (χ0n) is 12.6. The monoisotopic (exact) mass is 294 g/mol. The second-order valence-corrected chi connectivity index (χ2v) is 7.12. The van der Waals surface area contributed by atoms with Gasteiger partial charge in [-0.2, -0.15) is 0 Å². The number of rotatable bonds is 3. The van der Waals surface area contributed by atoms with E-state index in [1.165, 1.54) is 0 Å². The quantitative estimate of drug-likeness (QED) is 0.924. The van der Waals surface area contributed by atoms with Crippen molar-refractivity contribution in [3.63, 3.8) is 0 Å². The van der Waals surface area contributed by atoms with Crippen LogP contribution >= 0.6 is 11.6 Å². The Balaban J connectivity index is 2.19. The van der Waals surface area contributed by atoms with Crippen LogP contribution in [0, 0.1) is 5.41 Å². The molecule has 1 aromatic rings. The van der Waals surface area contributed by atoms with Crippen LogP contribution in [-0.4, -0.2) is 23.4 Å². The molecule has 20 heavy (non-hydrogen) atoms. The van der Waals surface area contributed by atoms with Gasteiger partial charge in [0.2, 0.25) is 5.91 Å². The van der Waals surface area contributed by atoms with E-state index >= 15 is 0 Å². The molecule has 4 heteroatoms. The summed E-state index contributed by atoms with van der Waals surface area (Å²) in [5.41, 5.74) is 1.26. The zero-order valence-corrected chi connectivity index (χ0v) is 13.4. The Kier molecular flexibility index (Phi) is 4.40. The lowest BCUT2D eigenvalue weighted by Crippen LogP contribution is -2.33. The Hall–Kier alpha value is -1.06. The molecule has 0 radical (unpaired) electrons. The molecule has 2 unspecified atom stereocenters. The van der Waals surface area contributed by atoms with E-state index in [9.17, 15) is 4.79 Å². The van der Waals surface area contributed by atoms with Crippen LogP contribution in [0.2, 0.25) is 5.02 Å². The average molecular weight is 295 g/mol. The molecular formula is C16H23ClN2O. The Morgan fingerprint density at radius 3 is 2.65 bits per heavy atom. The summed E-state index contributed by atoms with van der Waals surface area (Å²) in [5.74, 6) is 0.166. The van der Waals surface area contributed by atoms with E-state index in [2.05, 4.69) is 26.1 Å². The van der Waals surface area contributed by atoms with Crippen molar-refractivity contribution in [1.82, 2.24) is 10.2 Å². The van der Waals surface area contributed by atoms with E-state index in [4.69, 9.17) is 11.6 Å². The zero-order chi connectivity index (χ0) is 14.9. The highest BCUT2D eigenvalue weighted by atomic mass is 35.5. The first-order valence-electron chi connectivity index (χ1n) is 7.10. The first kappa shape index (κ1) is 15.3. The molecule has 1 aliphatic heterocycles. The van der Waals surface area contributed by atoms with Crippen LogP contribution in [0.1, 0.15) is 45.8 Å². The Labute approximate surface area is 126 Å². The smallest absolute Gasteiger partial charge is 0.241 e. The molecule has 0 aromatic heterocycles. The van der Waals surface area contributed by atoms with Crippen molar-refractivity contribution in [2.45, 2.75) is 46.3 Å². The second kappa shape index (κ2) is 5.74. The first-order chi connectivity index (χ1) is 9.28. The molecule has 3 nitrogen and oxygen atoms in total. The van der Waals surface area contributed by atoms with Gasteiger partial charge in [0.25, 0.3) is 0 Å². The van der Waals surface area contributed by atoms with Gasteiger partial charge in [0.05, 0.1) is 6.04 Å². The van der Waals surface area contributed by atoms with Crippen LogP contribution < -0.4 is 5.32 Å². The Morgan fingerprint density at radius 2 is 2.05 bits per heavy atom. The van der Waals surface area contributed by atoms with Crippen molar-refractivity contribution in [2.24, 2.45) is 5.41 Å². The molecule has 1 heterocycles. The summed E-state index contributed by atoms with van der Waals surface area (Å²) in [7, 11) is 0. The number of amides is 1. The molecule has 1 aromatic carbocycles. The normalized spacial score (nSPS) is 23.4. The fourth-order valence-electron chi connectivity index (χ4n) is 2.42. The van der Waals surface area contributed by atoms with Gasteiger partial charge in [-0.1, -0.05) is 44.5 Å². The maximum absolute atomic E-state index is 12.3. The maximum atomic E-state index is 12.3. The maximum Gasteiger partial charge on any atom is 0.241 e. The molecule has 0 aliphatic carbocycles. The lowest BCUT2D eigenvalue weighted by Gasteiger charge is -2.28. The molecule has 2 rings (SSSR count). The summed E-state index contributed by atoms with van der Waals surface area (Å²) in [6.07, 6.45) is 0.906. The molecule has 0 bridgehead atoms. The molecule has 1 amide bonds. The molecule has 1 fully saturated rings. The number of carbonyl (C=O) groups is 1. The van der Waals surface area contributed by atoms with Gasteiger partial charge in [0.1, 0.15) is 6.17 Å². The third-order valence-electron chi connectivity index (χ3n) is 3.64. The highest BCUT2D eigenvalue weighted by molar-refractivity contribution is 6.30. The van der Waals surface area contributed by atoms with E-state index in [1.807, 2.05) is 36.1 Å². The summed E-state index contributed by atoms with van der Waals surface area (Å²) in [4.78, 5) is 14.3. The van der Waals surface area contributed by atoms with Gasteiger partial charge < -0.3 is 4.90 Å². The summed E-state index contributed by atoms with van der Waals surface area (Å²) < 4.78 is 0. The highest BCUT2D eigenvalue weighted by Crippen LogP contribution is 2.29. The number of carbonyl (C=O) groups excluding carboxylic acids is 1. The van der Waals surface area contributed by atoms with Crippen LogP contribution in [0.15, 0.2) is 24.3 Å². The lowest BCUT2D eigenvalue weighted by molar-refractivity contribution is -0.130. The standard InChI is InChI=1S/C16H23ClN2O/c1-11-15(20)19(9-8-16(2,3)4)14(18-11)12-6-5-7-13(17)10-12/h5-7,10-11,14,18H,8-9H2,1-4H3. The topological polar surface area (TPSA) is 32.3 Å². The van der Waals surface area contributed by atoms with E-state index in [1.54, 1.807) is 0 Å². The number of nitrogens with one attached hydrogen (secondary N) is 1. The minimum atomic E-state index is -0.140. The minimum Gasteiger partial charge on any atom is -0.322 e. The van der Waals surface area contributed by atoms with Gasteiger partial charge in [-0.15, -0.1) is 0 Å².